The highest BCUT2D eigenvalue weighted by Gasteiger charge is 2.22. The number of hydrogen-bond donors (Lipinski definition) is 1. The molecule has 0 amide bonds. The summed E-state index contributed by atoms with van der Waals surface area (Å²) in [6.45, 7) is 3.23. The van der Waals surface area contributed by atoms with Gasteiger partial charge in [-0.05, 0) is 59.8 Å². The minimum absolute atomic E-state index is 0.508. The van der Waals surface area contributed by atoms with Crippen molar-refractivity contribution in [2.45, 2.75) is 38.6 Å². The smallest absolute Gasteiger partial charge is 0.0320 e. The van der Waals surface area contributed by atoms with E-state index in [9.17, 15) is 0 Å². The van der Waals surface area contributed by atoms with Crippen LogP contribution in [0.5, 0.6) is 0 Å². The van der Waals surface area contributed by atoms with Crippen LogP contribution in [0.2, 0.25) is 0 Å². The van der Waals surface area contributed by atoms with Crippen molar-refractivity contribution >= 4 is 26.7 Å². The molecular weight excluding hydrogens is 310 g/mol. The molecule has 2 heteroatoms. The summed E-state index contributed by atoms with van der Waals surface area (Å²) in [5.74, 6) is 1.01. The molecule has 0 bridgehead atoms. The van der Waals surface area contributed by atoms with E-state index in [1.54, 1.807) is 0 Å². The maximum absolute atomic E-state index is 3.65. The van der Waals surface area contributed by atoms with Gasteiger partial charge in [0.05, 0.1) is 0 Å². The predicted octanol–water partition coefficient (Wildman–Crippen LogP) is 5.44. The fourth-order valence-corrected chi connectivity index (χ4v) is 3.27. The van der Waals surface area contributed by atoms with Crippen molar-refractivity contribution in [2.24, 2.45) is 5.92 Å². The Labute approximate surface area is 129 Å². The van der Waals surface area contributed by atoms with Crippen molar-refractivity contribution < 1.29 is 0 Å². The molecule has 1 fully saturated rings. The standard InChI is InChI=1S/C18H22BrN/c1-2-20-18(10-5-13-3-4-13)16-7-6-15-12-17(19)9-8-14(15)11-16/h6-9,11-13,18,20H,2-5,10H2,1H3. The molecule has 1 aliphatic rings. The number of benzene rings is 2. The molecule has 1 aliphatic carbocycles. The second kappa shape index (κ2) is 6.28. The molecule has 106 valence electrons. The van der Waals surface area contributed by atoms with E-state index in [-0.39, 0.29) is 0 Å². The molecule has 0 heterocycles. The molecule has 1 atom stereocenters. The first-order valence-corrected chi connectivity index (χ1v) is 8.48. The van der Waals surface area contributed by atoms with Gasteiger partial charge in [-0.3, -0.25) is 0 Å². The molecule has 0 saturated heterocycles. The summed E-state index contributed by atoms with van der Waals surface area (Å²) in [5, 5.41) is 6.29. The molecule has 0 radical (unpaired) electrons. The SMILES string of the molecule is CCNC(CCC1CC1)c1ccc2cc(Br)ccc2c1. The Hall–Kier alpha value is -0.860. The normalized spacial score (nSPS) is 16.5. The van der Waals surface area contributed by atoms with E-state index in [0.717, 1.165) is 16.9 Å². The minimum Gasteiger partial charge on any atom is -0.310 e. The lowest BCUT2D eigenvalue weighted by atomic mass is 9.97. The highest BCUT2D eigenvalue weighted by molar-refractivity contribution is 9.10. The van der Waals surface area contributed by atoms with Gasteiger partial charge in [-0.15, -0.1) is 0 Å². The zero-order valence-electron chi connectivity index (χ0n) is 12.0. The fraction of sp³-hybridized carbons (Fsp3) is 0.444. The van der Waals surface area contributed by atoms with Crippen LogP contribution in [0.1, 0.15) is 44.2 Å². The van der Waals surface area contributed by atoms with Gasteiger partial charge in [0, 0.05) is 10.5 Å². The third kappa shape index (κ3) is 3.42. The zero-order valence-corrected chi connectivity index (χ0v) is 13.6. The highest BCUT2D eigenvalue weighted by Crippen LogP contribution is 2.36. The van der Waals surface area contributed by atoms with Gasteiger partial charge in [-0.25, -0.2) is 0 Å². The number of fused-ring (bicyclic) bond motifs is 1. The molecule has 1 unspecified atom stereocenters. The highest BCUT2D eigenvalue weighted by atomic mass is 79.9. The first-order valence-electron chi connectivity index (χ1n) is 7.69. The lowest BCUT2D eigenvalue weighted by Gasteiger charge is -2.19. The summed E-state index contributed by atoms with van der Waals surface area (Å²) in [7, 11) is 0. The van der Waals surface area contributed by atoms with E-state index in [1.165, 1.54) is 42.0 Å². The zero-order chi connectivity index (χ0) is 13.9. The Balaban J connectivity index is 1.82. The Kier molecular flexibility index (Phi) is 4.42. The molecule has 0 aliphatic heterocycles. The van der Waals surface area contributed by atoms with Gasteiger partial charge in [-0.2, -0.15) is 0 Å². The van der Waals surface area contributed by atoms with E-state index < -0.39 is 0 Å². The maximum Gasteiger partial charge on any atom is 0.0320 e. The van der Waals surface area contributed by atoms with Gasteiger partial charge in [0.1, 0.15) is 0 Å². The van der Waals surface area contributed by atoms with Crippen LogP contribution in [0.4, 0.5) is 0 Å². The van der Waals surface area contributed by atoms with Crippen LogP contribution >= 0.6 is 15.9 Å². The van der Waals surface area contributed by atoms with Crippen LogP contribution in [-0.4, -0.2) is 6.54 Å². The van der Waals surface area contributed by atoms with Crippen LogP contribution in [-0.2, 0) is 0 Å². The quantitative estimate of drug-likeness (QED) is 0.742. The van der Waals surface area contributed by atoms with Crippen LogP contribution in [0, 0.1) is 5.92 Å². The second-order valence-electron chi connectivity index (χ2n) is 5.88. The maximum atomic E-state index is 3.65. The molecule has 0 spiro atoms. The van der Waals surface area contributed by atoms with E-state index in [0.29, 0.717) is 6.04 Å². The topological polar surface area (TPSA) is 12.0 Å². The number of hydrogen-bond acceptors (Lipinski definition) is 1. The van der Waals surface area contributed by atoms with Crippen molar-refractivity contribution in [3.8, 4) is 0 Å². The number of halogens is 1. The largest absolute Gasteiger partial charge is 0.310 e. The molecule has 20 heavy (non-hydrogen) atoms. The Morgan fingerprint density at radius 1 is 1.15 bits per heavy atom. The predicted molar refractivity (Wildman–Crippen MR) is 90.0 cm³/mol. The lowest BCUT2D eigenvalue weighted by Crippen LogP contribution is -2.21. The van der Waals surface area contributed by atoms with Crippen molar-refractivity contribution in [2.75, 3.05) is 6.54 Å². The number of rotatable bonds is 6. The van der Waals surface area contributed by atoms with Gasteiger partial charge < -0.3 is 5.32 Å². The van der Waals surface area contributed by atoms with Gasteiger partial charge >= 0.3 is 0 Å². The van der Waals surface area contributed by atoms with Crippen LogP contribution < -0.4 is 5.32 Å². The van der Waals surface area contributed by atoms with Crippen LogP contribution in [0.3, 0.4) is 0 Å². The third-order valence-electron chi connectivity index (χ3n) is 4.24. The first-order chi connectivity index (χ1) is 9.76. The summed E-state index contributed by atoms with van der Waals surface area (Å²) in [6.07, 6.45) is 5.53. The molecule has 0 aromatic heterocycles. The van der Waals surface area contributed by atoms with Crippen molar-refractivity contribution in [3.05, 3.63) is 46.4 Å². The molecule has 3 rings (SSSR count). The second-order valence-corrected chi connectivity index (χ2v) is 6.80. The summed E-state index contributed by atoms with van der Waals surface area (Å²) in [4.78, 5) is 0. The van der Waals surface area contributed by atoms with E-state index in [4.69, 9.17) is 0 Å². The molecule has 2 aromatic carbocycles. The van der Waals surface area contributed by atoms with E-state index in [2.05, 4.69) is 64.6 Å². The summed E-state index contributed by atoms with van der Waals surface area (Å²) in [6, 6.07) is 13.9. The van der Waals surface area contributed by atoms with Gasteiger partial charge in [0.2, 0.25) is 0 Å². The van der Waals surface area contributed by atoms with Crippen molar-refractivity contribution in [1.82, 2.24) is 5.32 Å². The number of nitrogens with one attached hydrogen (secondary N) is 1. The average molecular weight is 332 g/mol. The van der Waals surface area contributed by atoms with Crippen molar-refractivity contribution in [3.63, 3.8) is 0 Å². The summed E-state index contributed by atoms with van der Waals surface area (Å²) < 4.78 is 1.15. The molecule has 1 saturated carbocycles. The molecule has 2 aromatic rings. The summed E-state index contributed by atoms with van der Waals surface area (Å²) >= 11 is 3.54. The van der Waals surface area contributed by atoms with Crippen molar-refractivity contribution in [1.29, 1.82) is 0 Å². The van der Waals surface area contributed by atoms with Gasteiger partial charge in [0.25, 0.3) is 0 Å². The average Bonchev–Trinajstić information content (AvgIpc) is 3.27. The molecule has 1 nitrogen and oxygen atoms in total. The third-order valence-corrected chi connectivity index (χ3v) is 4.73. The molecule has 1 N–H and O–H groups in total. The Morgan fingerprint density at radius 2 is 1.90 bits per heavy atom. The van der Waals surface area contributed by atoms with Gasteiger partial charge in [-0.1, -0.05) is 53.9 Å². The van der Waals surface area contributed by atoms with Gasteiger partial charge in [0.15, 0.2) is 0 Å². The first kappa shape index (κ1) is 14.1. The Morgan fingerprint density at radius 3 is 2.65 bits per heavy atom. The fourth-order valence-electron chi connectivity index (χ4n) is 2.89. The molecular formula is C18H22BrN. The Bertz CT molecular complexity index is 589. The van der Waals surface area contributed by atoms with E-state index in [1.807, 2.05) is 0 Å². The minimum atomic E-state index is 0.508. The monoisotopic (exact) mass is 331 g/mol. The van der Waals surface area contributed by atoms with Crippen LogP contribution in [0.25, 0.3) is 10.8 Å². The summed E-state index contributed by atoms with van der Waals surface area (Å²) in [5.41, 5.74) is 1.43. The van der Waals surface area contributed by atoms with E-state index >= 15 is 0 Å². The lowest BCUT2D eigenvalue weighted by molar-refractivity contribution is 0.482. The van der Waals surface area contributed by atoms with Crippen LogP contribution in [0.15, 0.2) is 40.9 Å².